The second-order valence-electron chi connectivity index (χ2n) is 12.9. The second-order valence-corrected chi connectivity index (χ2v) is 13.8. The monoisotopic (exact) mass is 595 g/mol. The minimum atomic E-state index is -4.56. The van der Waals surface area contributed by atoms with E-state index in [2.05, 4.69) is 10.0 Å². The molecule has 1 amide bonds. The van der Waals surface area contributed by atoms with E-state index in [1.165, 1.54) is 18.6 Å². The second kappa shape index (κ2) is 12.8. The van der Waals surface area contributed by atoms with Gasteiger partial charge >= 0.3 is 12.1 Å². The van der Waals surface area contributed by atoms with Crippen molar-refractivity contribution in [2.45, 2.75) is 110 Å². The van der Waals surface area contributed by atoms with Crippen LogP contribution < -0.4 is 10.0 Å². The number of aliphatic carboxylic acids is 1. The third kappa shape index (κ3) is 8.31. The number of benzene rings is 1. The van der Waals surface area contributed by atoms with Crippen LogP contribution in [-0.2, 0) is 17.4 Å². The molecule has 1 aromatic heterocycles. The molecule has 6 nitrogen and oxygen atoms in total. The van der Waals surface area contributed by atoms with E-state index >= 15 is 0 Å². The Labute approximate surface area is 246 Å². The topological polar surface area (TPSA) is 83.4 Å². The van der Waals surface area contributed by atoms with Crippen LogP contribution in [0.1, 0.15) is 106 Å². The van der Waals surface area contributed by atoms with Crippen LogP contribution in [0.15, 0.2) is 23.1 Å². The SMILES string of the molecule is Cc1c(C(=O)NCCC(C)(C)C(=O)O)c(C)n(-c2ccc(SNC(C)(C)C)c(C(F)(F)F)c2)c1CC1CCCCC1. The lowest BCUT2D eigenvalue weighted by Crippen LogP contribution is -2.32. The number of amides is 1. The largest absolute Gasteiger partial charge is 0.481 e. The summed E-state index contributed by atoms with van der Waals surface area (Å²) in [5, 5.41) is 12.3. The Morgan fingerprint density at radius 3 is 2.24 bits per heavy atom. The highest BCUT2D eigenvalue weighted by molar-refractivity contribution is 7.97. The molecule has 0 spiro atoms. The highest BCUT2D eigenvalue weighted by atomic mass is 32.2. The molecule has 1 aliphatic carbocycles. The molecule has 2 aromatic rings. The van der Waals surface area contributed by atoms with Crippen molar-refractivity contribution < 1.29 is 27.9 Å². The number of rotatable bonds is 10. The molecular formula is C31H44F3N3O3S. The zero-order valence-corrected chi connectivity index (χ0v) is 26.0. The molecule has 1 aliphatic rings. The minimum absolute atomic E-state index is 0.0885. The zero-order valence-electron chi connectivity index (χ0n) is 25.2. The smallest absolute Gasteiger partial charge is 0.417 e. The van der Waals surface area contributed by atoms with Crippen molar-refractivity contribution in [3.8, 4) is 5.69 Å². The van der Waals surface area contributed by atoms with Crippen molar-refractivity contribution in [1.29, 1.82) is 0 Å². The summed E-state index contributed by atoms with van der Waals surface area (Å²) in [5.41, 5.74) is 0.884. The van der Waals surface area contributed by atoms with E-state index in [-0.39, 0.29) is 29.3 Å². The van der Waals surface area contributed by atoms with Gasteiger partial charge in [-0.05, 0) is 103 Å². The Balaban J connectivity index is 2.06. The molecular weight excluding hydrogens is 551 g/mol. The standard InChI is InChI=1S/C31H44F3N3O3S/c1-19-24(17-21-11-9-8-10-12-21)37(20(2)26(19)27(38)35-16-15-30(6,7)28(39)40)22-13-14-25(41-36-29(3,4)5)23(18-22)31(32,33)34/h13-14,18,21,36H,8-12,15-17H2,1-7H3,(H,35,38)(H,39,40). The predicted molar refractivity (Wildman–Crippen MR) is 158 cm³/mol. The fraction of sp³-hybridized carbons (Fsp3) is 0.613. The van der Waals surface area contributed by atoms with Crippen LogP contribution in [0, 0.1) is 25.2 Å². The summed E-state index contributed by atoms with van der Waals surface area (Å²) < 4.78 is 47.8. The quantitative estimate of drug-likeness (QED) is 0.244. The number of carbonyl (C=O) groups is 2. The van der Waals surface area contributed by atoms with Crippen LogP contribution in [-0.4, -0.2) is 33.6 Å². The number of hydrogen-bond acceptors (Lipinski definition) is 4. The van der Waals surface area contributed by atoms with Crippen LogP contribution >= 0.6 is 11.9 Å². The lowest BCUT2D eigenvalue weighted by atomic mass is 9.85. The van der Waals surface area contributed by atoms with Crippen molar-refractivity contribution in [3.05, 3.63) is 46.3 Å². The van der Waals surface area contributed by atoms with Gasteiger partial charge in [-0.1, -0.05) is 32.1 Å². The van der Waals surface area contributed by atoms with Crippen LogP contribution in [0.25, 0.3) is 5.69 Å². The van der Waals surface area contributed by atoms with Gasteiger partial charge in [0.2, 0.25) is 0 Å². The van der Waals surface area contributed by atoms with Crippen LogP contribution in [0.4, 0.5) is 13.2 Å². The molecule has 0 atom stereocenters. The molecule has 0 radical (unpaired) electrons. The average Bonchev–Trinajstić information content (AvgIpc) is 3.11. The molecule has 1 saturated carbocycles. The first kappa shape index (κ1) is 33.0. The first-order valence-corrected chi connectivity index (χ1v) is 15.1. The third-order valence-electron chi connectivity index (χ3n) is 7.82. The Morgan fingerprint density at radius 1 is 1.05 bits per heavy atom. The number of nitrogens with zero attached hydrogens (tertiary/aromatic N) is 1. The first-order chi connectivity index (χ1) is 18.9. The fourth-order valence-electron chi connectivity index (χ4n) is 5.35. The summed E-state index contributed by atoms with van der Waals surface area (Å²) in [6.07, 6.45) is 1.91. The minimum Gasteiger partial charge on any atom is -0.481 e. The van der Waals surface area contributed by atoms with Crippen molar-refractivity contribution in [2.75, 3.05) is 6.54 Å². The zero-order chi connectivity index (χ0) is 30.8. The molecule has 0 saturated heterocycles. The number of aromatic nitrogens is 1. The van der Waals surface area contributed by atoms with Gasteiger partial charge in [-0.2, -0.15) is 13.2 Å². The summed E-state index contributed by atoms with van der Waals surface area (Å²) >= 11 is 0.963. The molecule has 0 unspecified atom stereocenters. The van der Waals surface area contributed by atoms with Gasteiger partial charge < -0.3 is 15.0 Å². The summed E-state index contributed by atoms with van der Waals surface area (Å²) in [6.45, 7) is 12.7. The van der Waals surface area contributed by atoms with Crippen molar-refractivity contribution in [1.82, 2.24) is 14.6 Å². The van der Waals surface area contributed by atoms with Gasteiger partial charge in [-0.3, -0.25) is 14.3 Å². The summed E-state index contributed by atoms with van der Waals surface area (Å²) in [7, 11) is 0. The van der Waals surface area contributed by atoms with E-state index in [1.54, 1.807) is 26.8 Å². The van der Waals surface area contributed by atoms with Crippen molar-refractivity contribution in [3.63, 3.8) is 0 Å². The molecule has 228 valence electrons. The summed E-state index contributed by atoms with van der Waals surface area (Å²) in [6, 6.07) is 4.37. The predicted octanol–water partition coefficient (Wildman–Crippen LogP) is 7.86. The molecule has 3 N–H and O–H groups in total. The molecule has 41 heavy (non-hydrogen) atoms. The Morgan fingerprint density at radius 2 is 1.68 bits per heavy atom. The maximum absolute atomic E-state index is 14.3. The number of alkyl halides is 3. The maximum atomic E-state index is 14.3. The molecule has 1 aromatic carbocycles. The van der Waals surface area contributed by atoms with Gasteiger partial charge in [0.1, 0.15) is 0 Å². The van der Waals surface area contributed by atoms with E-state index < -0.39 is 23.1 Å². The average molecular weight is 596 g/mol. The number of carboxylic acids is 1. The molecule has 1 fully saturated rings. The van der Waals surface area contributed by atoms with E-state index in [1.807, 2.05) is 32.3 Å². The highest BCUT2D eigenvalue weighted by Gasteiger charge is 2.35. The Kier molecular flexibility index (Phi) is 10.3. The van der Waals surface area contributed by atoms with Gasteiger partial charge in [0, 0.05) is 34.1 Å². The third-order valence-corrected chi connectivity index (χ3v) is 9.11. The molecule has 10 heteroatoms. The van der Waals surface area contributed by atoms with Gasteiger partial charge in [-0.25, -0.2) is 0 Å². The van der Waals surface area contributed by atoms with E-state index in [4.69, 9.17) is 0 Å². The summed E-state index contributed by atoms with van der Waals surface area (Å²) in [5.74, 6) is -0.891. The van der Waals surface area contributed by atoms with Crippen molar-refractivity contribution in [2.24, 2.45) is 11.3 Å². The van der Waals surface area contributed by atoms with E-state index in [9.17, 15) is 27.9 Å². The number of nitrogens with one attached hydrogen (secondary N) is 2. The van der Waals surface area contributed by atoms with E-state index in [0.717, 1.165) is 48.9 Å². The normalized spacial score (nSPS) is 15.3. The van der Waals surface area contributed by atoms with Crippen LogP contribution in [0.2, 0.25) is 0 Å². The lowest BCUT2D eigenvalue weighted by molar-refractivity contribution is -0.147. The Hall–Kier alpha value is -2.46. The van der Waals surface area contributed by atoms with E-state index in [0.29, 0.717) is 29.3 Å². The van der Waals surface area contributed by atoms with Crippen LogP contribution in [0.5, 0.6) is 0 Å². The molecule has 3 rings (SSSR count). The lowest BCUT2D eigenvalue weighted by Gasteiger charge is -2.24. The number of carboxylic acid groups (broad SMARTS) is 1. The molecule has 0 bridgehead atoms. The van der Waals surface area contributed by atoms with Gasteiger partial charge in [-0.15, -0.1) is 0 Å². The van der Waals surface area contributed by atoms with Crippen LogP contribution in [0.3, 0.4) is 0 Å². The molecule has 1 heterocycles. The van der Waals surface area contributed by atoms with Crippen molar-refractivity contribution >= 4 is 23.8 Å². The number of carbonyl (C=O) groups excluding carboxylic acids is 1. The molecule has 0 aliphatic heterocycles. The summed E-state index contributed by atoms with van der Waals surface area (Å²) in [4.78, 5) is 25.0. The first-order valence-electron chi connectivity index (χ1n) is 14.3. The fourth-order valence-corrected chi connectivity index (χ4v) is 6.19. The van der Waals surface area contributed by atoms with Gasteiger partial charge in [0.05, 0.1) is 16.5 Å². The number of hydrogen-bond donors (Lipinski definition) is 3. The Bertz CT molecular complexity index is 1260. The van der Waals surface area contributed by atoms with Gasteiger partial charge in [0.25, 0.3) is 5.91 Å². The maximum Gasteiger partial charge on any atom is 0.417 e. The number of halogens is 3. The highest BCUT2D eigenvalue weighted by Crippen LogP contribution is 2.39. The van der Waals surface area contributed by atoms with Gasteiger partial charge in [0.15, 0.2) is 0 Å².